The molecule has 6 nitrogen and oxygen atoms in total. The Balaban J connectivity index is 2.13. The summed E-state index contributed by atoms with van der Waals surface area (Å²) in [7, 11) is -3.60. The second-order valence-corrected chi connectivity index (χ2v) is 5.22. The van der Waals surface area contributed by atoms with Crippen LogP contribution in [0.25, 0.3) is 0 Å². The van der Waals surface area contributed by atoms with Crippen LogP contribution in [0.5, 0.6) is 0 Å². The van der Waals surface area contributed by atoms with Crippen LogP contribution in [0.4, 0.5) is 0 Å². The fraction of sp³-hybridized carbons (Fsp3) is 0.0909. The molecule has 1 aromatic carbocycles. The Bertz CT molecular complexity index is 655. The van der Waals surface area contributed by atoms with Crippen LogP contribution in [-0.2, 0) is 16.6 Å². The number of hydrogen-bond donors (Lipinski definition) is 1. The van der Waals surface area contributed by atoms with Crippen molar-refractivity contribution in [3.63, 3.8) is 0 Å². The summed E-state index contributed by atoms with van der Waals surface area (Å²) in [6, 6.07) is 9.15. The van der Waals surface area contributed by atoms with Crippen LogP contribution >= 0.6 is 0 Å². The summed E-state index contributed by atoms with van der Waals surface area (Å²) in [5, 5.41) is 12.2. The van der Waals surface area contributed by atoms with E-state index in [0.29, 0.717) is 11.3 Å². The number of nitrogens with one attached hydrogen (secondary N) is 1. The average Bonchev–Trinajstić information content (AvgIpc) is 2.90. The molecular weight excluding hydrogens is 254 g/mol. The maximum atomic E-state index is 11.9. The quantitative estimate of drug-likeness (QED) is 0.888. The molecule has 1 heterocycles. The first kappa shape index (κ1) is 12.3. The van der Waals surface area contributed by atoms with Crippen LogP contribution in [0.3, 0.4) is 0 Å². The first-order chi connectivity index (χ1) is 8.62. The summed E-state index contributed by atoms with van der Waals surface area (Å²) in [5.41, 5.74) is 0.901. The lowest BCUT2D eigenvalue weighted by Crippen LogP contribution is -2.23. The summed E-state index contributed by atoms with van der Waals surface area (Å²) in [6.07, 6.45) is 1.37. The molecule has 0 fully saturated rings. The van der Waals surface area contributed by atoms with Crippen LogP contribution in [-0.4, -0.2) is 13.6 Å². The van der Waals surface area contributed by atoms with Crippen molar-refractivity contribution >= 4 is 10.0 Å². The maximum absolute atomic E-state index is 11.9. The predicted octanol–water partition coefficient (Wildman–Crippen LogP) is 1.02. The van der Waals surface area contributed by atoms with Gasteiger partial charge >= 0.3 is 0 Å². The van der Waals surface area contributed by atoms with Gasteiger partial charge in [0.2, 0.25) is 10.0 Å². The number of nitriles is 1. The lowest BCUT2D eigenvalue weighted by Gasteiger charge is -2.04. The highest BCUT2D eigenvalue weighted by atomic mass is 32.2. The van der Waals surface area contributed by atoms with E-state index in [1.54, 1.807) is 6.07 Å². The first-order valence-corrected chi connectivity index (χ1v) is 6.49. The fourth-order valence-electron chi connectivity index (χ4n) is 1.29. The zero-order valence-electron chi connectivity index (χ0n) is 9.20. The number of aromatic nitrogens is 1. The van der Waals surface area contributed by atoms with Gasteiger partial charge in [-0.15, -0.1) is 0 Å². The van der Waals surface area contributed by atoms with E-state index in [2.05, 4.69) is 14.4 Å². The van der Waals surface area contributed by atoms with Crippen molar-refractivity contribution < 1.29 is 12.9 Å². The molecule has 18 heavy (non-hydrogen) atoms. The number of nitrogens with zero attached hydrogens (tertiary/aromatic N) is 2. The van der Waals surface area contributed by atoms with E-state index in [4.69, 9.17) is 5.26 Å². The Morgan fingerprint density at radius 3 is 2.56 bits per heavy atom. The Morgan fingerprint density at radius 1 is 1.28 bits per heavy atom. The third-order valence-corrected chi connectivity index (χ3v) is 3.65. The van der Waals surface area contributed by atoms with E-state index in [0.717, 1.165) is 0 Å². The van der Waals surface area contributed by atoms with Crippen molar-refractivity contribution in [2.45, 2.75) is 11.4 Å². The minimum Gasteiger partial charge on any atom is -0.364 e. The highest BCUT2D eigenvalue weighted by Gasteiger charge is 2.13. The van der Waals surface area contributed by atoms with Gasteiger partial charge in [0.1, 0.15) is 6.26 Å². The van der Waals surface area contributed by atoms with Gasteiger partial charge in [-0.1, -0.05) is 5.16 Å². The van der Waals surface area contributed by atoms with E-state index in [1.165, 1.54) is 30.5 Å². The summed E-state index contributed by atoms with van der Waals surface area (Å²) in [4.78, 5) is 0.102. The summed E-state index contributed by atoms with van der Waals surface area (Å²) < 4.78 is 30.7. The topological polar surface area (TPSA) is 96.0 Å². The van der Waals surface area contributed by atoms with E-state index >= 15 is 0 Å². The van der Waals surface area contributed by atoms with Gasteiger partial charge in [0.05, 0.1) is 28.8 Å². The predicted molar refractivity (Wildman–Crippen MR) is 61.7 cm³/mol. The van der Waals surface area contributed by atoms with Gasteiger partial charge in [0.25, 0.3) is 0 Å². The zero-order chi connectivity index (χ0) is 13.0. The Kier molecular flexibility index (Phi) is 3.41. The molecule has 2 aromatic rings. The normalized spacial score (nSPS) is 11.1. The molecular formula is C11H9N3O3S. The largest absolute Gasteiger partial charge is 0.364 e. The van der Waals surface area contributed by atoms with Gasteiger partial charge in [-0.25, -0.2) is 13.1 Å². The molecule has 0 aliphatic rings. The molecule has 0 atom stereocenters. The van der Waals surface area contributed by atoms with E-state index in [-0.39, 0.29) is 11.4 Å². The number of rotatable bonds is 4. The van der Waals surface area contributed by atoms with Gasteiger partial charge < -0.3 is 4.52 Å². The number of sulfonamides is 1. The smallest absolute Gasteiger partial charge is 0.240 e. The average molecular weight is 263 g/mol. The zero-order valence-corrected chi connectivity index (χ0v) is 10.0. The van der Waals surface area contributed by atoms with E-state index in [1.807, 2.05) is 6.07 Å². The number of hydrogen-bond acceptors (Lipinski definition) is 5. The second kappa shape index (κ2) is 5.00. The van der Waals surface area contributed by atoms with Crippen LogP contribution in [0, 0.1) is 11.3 Å². The van der Waals surface area contributed by atoms with Gasteiger partial charge in [0, 0.05) is 6.07 Å². The van der Waals surface area contributed by atoms with E-state index < -0.39 is 10.0 Å². The molecule has 0 bridgehead atoms. The summed E-state index contributed by atoms with van der Waals surface area (Å²) in [5.74, 6) is 0. The lowest BCUT2D eigenvalue weighted by atomic mass is 10.2. The summed E-state index contributed by atoms with van der Waals surface area (Å²) in [6.45, 7) is 0.0544. The second-order valence-electron chi connectivity index (χ2n) is 3.45. The molecule has 0 amide bonds. The van der Waals surface area contributed by atoms with Gasteiger partial charge in [0.15, 0.2) is 0 Å². The minimum absolute atomic E-state index is 0.0544. The lowest BCUT2D eigenvalue weighted by molar-refractivity contribution is 0.411. The van der Waals surface area contributed by atoms with E-state index in [9.17, 15) is 8.42 Å². The highest BCUT2D eigenvalue weighted by Crippen LogP contribution is 2.10. The molecule has 92 valence electrons. The molecule has 0 saturated carbocycles. The minimum atomic E-state index is -3.60. The molecule has 0 saturated heterocycles. The fourth-order valence-corrected chi connectivity index (χ4v) is 2.29. The molecule has 2 rings (SSSR count). The van der Waals surface area contributed by atoms with Crippen molar-refractivity contribution in [3.05, 3.63) is 47.9 Å². The third-order valence-electron chi connectivity index (χ3n) is 2.23. The van der Waals surface area contributed by atoms with Gasteiger partial charge in [-0.05, 0) is 24.3 Å². The van der Waals surface area contributed by atoms with Gasteiger partial charge in [-0.3, -0.25) is 0 Å². The SMILES string of the molecule is N#Cc1ccc(S(=O)(=O)NCc2ccon2)cc1. The molecule has 1 aromatic heterocycles. The first-order valence-electron chi connectivity index (χ1n) is 5.01. The Hall–Kier alpha value is -2.17. The Labute approximate surface area is 104 Å². The molecule has 1 N–H and O–H groups in total. The molecule has 0 radical (unpaired) electrons. The van der Waals surface area contributed by atoms with Crippen LogP contribution < -0.4 is 4.72 Å². The standard InChI is InChI=1S/C11H9N3O3S/c12-7-9-1-3-11(4-2-9)18(15,16)13-8-10-5-6-17-14-10/h1-6,13H,8H2. The van der Waals surface area contributed by atoms with Crippen LogP contribution in [0.15, 0.2) is 46.0 Å². The van der Waals surface area contributed by atoms with Gasteiger partial charge in [-0.2, -0.15) is 5.26 Å². The monoisotopic (exact) mass is 263 g/mol. The maximum Gasteiger partial charge on any atom is 0.240 e. The Morgan fingerprint density at radius 2 is 2.00 bits per heavy atom. The third kappa shape index (κ3) is 2.74. The van der Waals surface area contributed by atoms with Crippen molar-refractivity contribution in [1.29, 1.82) is 5.26 Å². The molecule has 0 unspecified atom stereocenters. The summed E-state index contributed by atoms with van der Waals surface area (Å²) >= 11 is 0. The van der Waals surface area contributed by atoms with Crippen LogP contribution in [0.1, 0.15) is 11.3 Å². The van der Waals surface area contributed by atoms with Crippen molar-refractivity contribution in [1.82, 2.24) is 9.88 Å². The molecule has 7 heteroatoms. The van der Waals surface area contributed by atoms with Crippen LogP contribution in [0.2, 0.25) is 0 Å². The van der Waals surface area contributed by atoms with Crippen molar-refractivity contribution in [2.24, 2.45) is 0 Å². The van der Waals surface area contributed by atoms with Crippen molar-refractivity contribution in [3.8, 4) is 6.07 Å². The number of benzene rings is 1. The molecule has 0 aliphatic heterocycles. The molecule has 0 aliphatic carbocycles. The molecule has 0 spiro atoms. The highest BCUT2D eigenvalue weighted by molar-refractivity contribution is 7.89. The van der Waals surface area contributed by atoms with Crippen molar-refractivity contribution in [2.75, 3.05) is 0 Å².